The van der Waals surface area contributed by atoms with Crippen molar-refractivity contribution in [2.45, 2.75) is 26.2 Å². The lowest BCUT2D eigenvalue weighted by Crippen LogP contribution is -2.14. The van der Waals surface area contributed by atoms with Crippen LogP contribution < -0.4 is 11.1 Å². The molecule has 0 saturated carbocycles. The lowest BCUT2D eigenvalue weighted by Gasteiger charge is -2.11. The quantitative estimate of drug-likeness (QED) is 0.783. The molecular formula is C14H19N5O. The van der Waals surface area contributed by atoms with Gasteiger partial charge in [-0.1, -0.05) is 0 Å². The molecule has 0 saturated heterocycles. The number of anilines is 1. The van der Waals surface area contributed by atoms with Crippen LogP contribution >= 0.6 is 0 Å². The molecule has 2 heterocycles. The number of carbonyl (C=O) groups is 1. The monoisotopic (exact) mass is 273 g/mol. The van der Waals surface area contributed by atoms with Crippen LogP contribution in [0.3, 0.4) is 0 Å². The summed E-state index contributed by atoms with van der Waals surface area (Å²) in [5.41, 5.74) is 6.11. The van der Waals surface area contributed by atoms with Crippen LogP contribution in [0.25, 0.3) is 5.82 Å². The molecule has 2 aromatic heterocycles. The van der Waals surface area contributed by atoms with Crippen molar-refractivity contribution in [3.8, 4) is 5.82 Å². The van der Waals surface area contributed by atoms with Gasteiger partial charge in [-0.15, -0.1) is 0 Å². The van der Waals surface area contributed by atoms with E-state index in [1.165, 1.54) is 0 Å². The van der Waals surface area contributed by atoms with Crippen LogP contribution in [0.5, 0.6) is 0 Å². The molecule has 2 rings (SSSR count). The van der Waals surface area contributed by atoms with Crippen LogP contribution in [-0.4, -0.2) is 27.0 Å². The number of hydrogen-bond donors (Lipinski definition) is 2. The molecule has 1 amide bonds. The third-order valence-electron chi connectivity index (χ3n) is 2.97. The Hall–Kier alpha value is -2.21. The number of imidazole rings is 1. The molecule has 6 heteroatoms. The lowest BCUT2D eigenvalue weighted by atomic mass is 10.2. The van der Waals surface area contributed by atoms with Crippen molar-refractivity contribution in [2.24, 2.45) is 5.73 Å². The standard InChI is InChI=1S/C14H19N5O/c1-11-16-9-10-19(11)14-12(5-4-8-17-14)18-13(20)6-2-3-7-15/h4-5,8-10H,2-3,6-7,15H2,1H3,(H,18,20). The molecule has 0 radical (unpaired) electrons. The number of unbranched alkanes of at least 4 members (excludes halogenated alkanes) is 1. The number of amides is 1. The summed E-state index contributed by atoms with van der Waals surface area (Å²) in [6.45, 7) is 2.50. The van der Waals surface area contributed by atoms with Gasteiger partial charge < -0.3 is 11.1 Å². The predicted molar refractivity (Wildman–Crippen MR) is 77.6 cm³/mol. The molecule has 0 aliphatic carbocycles. The highest BCUT2D eigenvalue weighted by atomic mass is 16.1. The summed E-state index contributed by atoms with van der Waals surface area (Å²) in [4.78, 5) is 20.4. The van der Waals surface area contributed by atoms with Gasteiger partial charge >= 0.3 is 0 Å². The van der Waals surface area contributed by atoms with Crippen molar-refractivity contribution in [2.75, 3.05) is 11.9 Å². The number of pyridine rings is 1. The van der Waals surface area contributed by atoms with Crippen LogP contribution in [0.1, 0.15) is 25.1 Å². The second kappa shape index (κ2) is 6.81. The number of nitrogens with zero attached hydrogens (tertiary/aromatic N) is 3. The number of aromatic nitrogens is 3. The molecule has 0 atom stereocenters. The van der Waals surface area contributed by atoms with E-state index < -0.39 is 0 Å². The second-order valence-corrected chi connectivity index (χ2v) is 4.51. The van der Waals surface area contributed by atoms with Gasteiger partial charge in [0.2, 0.25) is 5.91 Å². The number of aryl methyl sites for hydroxylation is 1. The Morgan fingerprint density at radius 2 is 2.20 bits per heavy atom. The van der Waals surface area contributed by atoms with E-state index in [-0.39, 0.29) is 5.91 Å². The fourth-order valence-electron chi connectivity index (χ4n) is 1.93. The zero-order valence-corrected chi connectivity index (χ0v) is 11.5. The van der Waals surface area contributed by atoms with Gasteiger partial charge in [0.05, 0.1) is 5.69 Å². The van der Waals surface area contributed by atoms with E-state index in [0.717, 1.165) is 18.7 Å². The van der Waals surface area contributed by atoms with Crippen molar-refractivity contribution >= 4 is 11.6 Å². The normalized spacial score (nSPS) is 10.5. The first-order chi connectivity index (χ1) is 9.72. The van der Waals surface area contributed by atoms with E-state index in [1.807, 2.05) is 23.8 Å². The summed E-state index contributed by atoms with van der Waals surface area (Å²) in [6, 6.07) is 3.63. The zero-order chi connectivity index (χ0) is 14.4. The maximum Gasteiger partial charge on any atom is 0.224 e. The summed E-state index contributed by atoms with van der Waals surface area (Å²) in [5.74, 6) is 1.47. The molecule has 6 nitrogen and oxygen atoms in total. The fourth-order valence-corrected chi connectivity index (χ4v) is 1.93. The molecule has 0 unspecified atom stereocenters. The van der Waals surface area contributed by atoms with E-state index in [4.69, 9.17) is 5.73 Å². The van der Waals surface area contributed by atoms with Gasteiger partial charge in [0.15, 0.2) is 5.82 Å². The Balaban J connectivity index is 2.13. The largest absolute Gasteiger partial charge is 0.330 e. The van der Waals surface area contributed by atoms with Crippen LogP contribution in [0, 0.1) is 6.92 Å². The number of nitrogens with one attached hydrogen (secondary N) is 1. The molecular weight excluding hydrogens is 254 g/mol. The molecule has 0 aromatic carbocycles. The predicted octanol–water partition coefficient (Wildman–Crippen LogP) is 1.64. The number of nitrogens with two attached hydrogens (primary N) is 1. The smallest absolute Gasteiger partial charge is 0.224 e. The summed E-state index contributed by atoms with van der Waals surface area (Å²) >= 11 is 0. The van der Waals surface area contributed by atoms with Crippen LogP contribution in [0.15, 0.2) is 30.7 Å². The molecule has 0 fully saturated rings. The minimum Gasteiger partial charge on any atom is -0.330 e. The van der Waals surface area contributed by atoms with Crippen LogP contribution in [0.4, 0.5) is 5.69 Å². The molecule has 0 aliphatic rings. The van der Waals surface area contributed by atoms with E-state index in [2.05, 4.69) is 15.3 Å². The first-order valence-corrected chi connectivity index (χ1v) is 6.67. The summed E-state index contributed by atoms with van der Waals surface area (Å²) in [6.07, 6.45) is 7.34. The van der Waals surface area contributed by atoms with Gasteiger partial charge in [-0.2, -0.15) is 0 Å². The minimum atomic E-state index is -0.0227. The second-order valence-electron chi connectivity index (χ2n) is 4.51. The Kier molecular flexibility index (Phi) is 4.84. The number of rotatable bonds is 6. The van der Waals surface area contributed by atoms with Crippen molar-refractivity contribution in [3.05, 3.63) is 36.5 Å². The van der Waals surface area contributed by atoms with E-state index >= 15 is 0 Å². The average molecular weight is 273 g/mol. The van der Waals surface area contributed by atoms with Crippen molar-refractivity contribution in [1.29, 1.82) is 0 Å². The molecule has 0 spiro atoms. The molecule has 3 N–H and O–H groups in total. The Morgan fingerprint density at radius 3 is 2.90 bits per heavy atom. The topological polar surface area (TPSA) is 85.8 Å². The molecule has 0 bridgehead atoms. The molecule has 2 aromatic rings. The summed E-state index contributed by atoms with van der Waals surface area (Å²) < 4.78 is 1.84. The Morgan fingerprint density at radius 1 is 1.35 bits per heavy atom. The van der Waals surface area contributed by atoms with Gasteiger partial charge in [0, 0.05) is 25.0 Å². The van der Waals surface area contributed by atoms with Gasteiger partial charge in [-0.25, -0.2) is 9.97 Å². The van der Waals surface area contributed by atoms with Crippen LogP contribution in [-0.2, 0) is 4.79 Å². The first-order valence-electron chi connectivity index (χ1n) is 6.67. The minimum absolute atomic E-state index is 0.0227. The third kappa shape index (κ3) is 3.42. The van der Waals surface area contributed by atoms with Gasteiger partial charge in [-0.05, 0) is 38.4 Å². The average Bonchev–Trinajstić information content (AvgIpc) is 2.86. The van der Waals surface area contributed by atoms with Gasteiger partial charge in [0.25, 0.3) is 0 Å². The highest BCUT2D eigenvalue weighted by Crippen LogP contribution is 2.18. The number of carbonyl (C=O) groups excluding carboxylic acids is 1. The van der Waals surface area contributed by atoms with E-state index in [1.54, 1.807) is 18.5 Å². The highest BCUT2D eigenvalue weighted by Gasteiger charge is 2.10. The summed E-state index contributed by atoms with van der Waals surface area (Å²) in [7, 11) is 0. The molecule has 0 aliphatic heterocycles. The Labute approximate surface area is 118 Å². The van der Waals surface area contributed by atoms with E-state index in [9.17, 15) is 4.79 Å². The molecule has 20 heavy (non-hydrogen) atoms. The van der Waals surface area contributed by atoms with Crippen LogP contribution in [0.2, 0.25) is 0 Å². The van der Waals surface area contributed by atoms with Gasteiger partial charge in [0.1, 0.15) is 5.82 Å². The third-order valence-corrected chi connectivity index (χ3v) is 2.97. The fraction of sp³-hybridized carbons (Fsp3) is 0.357. The van der Waals surface area contributed by atoms with Crippen molar-refractivity contribution in [3.63, 3.8) is 0 Å². The Bertz CT molecular complexity index is 578. The lowest BCUT2D eigenvalue weighted by molar-refractivity contribution is -0.116. The van der Waals surface area contributed by atoms with Gasteiger partial charge in [-0.3, -0.25) is 9.36 Å². The zero-order valence-electron chi connectivity index (χ0n) is 11.5. The number of hydrogen-bond acceptors (Lipinski definition) is 4. The van der Waals surface area contributed by atoms with Crippen molar-refractivity contribution in [1.82, 2.24) is 14.5 Å². The van der Waals surface area contributed by atoms with Crippen molar-refractivity contribution < 1.29 is 4.79 Å². The molecule has 106 valence electrons. The highest BCUT2D eigenvalue weighted by molar-refractivity contribution is 5.92. The summed E-state index contributed by atoms with van der Waals surface area (Å²) in [5, 5.41) is 2.89. The first kappa shape index (κ1) is 14.2. The maximum absolute atomic E-state index is 11.9. The maximum atomic E-state index is 11.9. The van der Waals surface area contributed by atoms with E-state index in [0.29, 0.717) is 24.5 Å². The SMILES string of the molecule is Cc1nccn1-c1ncccc1NC(=O)CCCCN.